The Morgan fingerprint density at radius 1 is 1.08 bits per heavy atom. The first kappa shape index (κ1) is 14.5. The molecule has 0 unspecified atom stereocenters. The Balaban J connectivity index is 2.04. The lowest BCUT2D eigenvalue weighted by Gasteiger charge is -2.09. The van der Waals surface area contributed by atoms with Crippen LogP contribution in [-0.2, 0) is 0 Å². The third kappa shape index (κ3) is 2.24. The molecule has 0 aliphatic rings. The van der Waals surface area contributed by atoms with E-state index in [4.69, 9.17) is 4.42 Å². The third-order valence-corrected chi connectivity index (χ3v) is 4.16. The molecule has 0 radical (unpaired) electrons. The summed E-state index contributed by atoms with van der Waals surface area (Å²) in [5.74, 6) is -0.398. The molecule has 0 saturated carbocycles. The number of fused-ring (bicyclic) bond motifs is 2. The summed E-state index contributed by atoms with van der Waals surface area (Å²) >= 11 is 0. The van der Waals surface area contributed by atoms with Crippen LogP contribution in [0.3, 0.4) is 0 Å². The predicted molar refractivity (Wildman–Crippen MR) is 93.4 cm³/mol. The van der Waals surface area contributed by atoms with Crippen molar-refractivity contribution >= 4 is 27.8 Å². The zero-order valence-electron chi connectivity index (χ0n) is 13.3. The molecule has 2 aromatic heterocycles. The number of hydrogen-bond acceptors (Lipinski definition) is 3. The molecule has 0 spiro atoms. The highest BCUT2D eigenvalue weighted by molar-refractivity contribution is 6.04. The van der Waals surface area contributed by atoms with Crippen LogP contribution >= 0.6 is 0 Å². The van der Waals surface area contributed by atoms with Crippen LogP contribution in [0.25, 0.3) is 33.3 Å². The Labute approximate surface area is 138 Å². The zero-order valence-corrected chi connectivity index (χ0v) is 13.3. The van der Waals surface area contributed by atoms with E-state index in [1.54, 1.807) is 6.07 Å². The van der Waals surface area contributed by atoms with Gasteiger partial charge < -0.3 is 9.52 Å². The van der Waals surface area contributed by atoms with E-state index >= 15 is 0 Å². The molecule has 0 aliphatic heterocycles. The normalized spacial score (nSPS) is 11.2. The average Bonchev–Trinajstić information content (AvgIpc) is 2.98. The van der Waals surface area contributed by atoms with E-state index in [0.717, 1.165) is 22.1 Å². The highest BCUT2D eigenvalue weighted by Gasteiger charge is 2.16. The van der Waals surface area contributed by atoms with Crippen LogP contribution in [0, 0.1) is 13.8 Å². The molecular formula is C20H15NO3. The minimum atomic E-state index is -0.968. The quantitative estimate of drug-likeness (QED) is 0.567. The van der Waals surface area contributed by atoms with Gasteiger partial charge >= 0.3 is 5.97 Å². The van der Waals surface area contributed by atoms with Gasteiger partial charge in [-0.1, -0.05) is 29.8 Å². The van der Waals surface area contributed by atoms with Crippen molar-refractivity contribution < 1.29 is 14.3 Å². The fraction of sp³-hybridized carbons (Fsp3) is 0.100. The van der Waals surface area contributed by atoms with Gasteiger partial charge in [0, 0.05) is 10.8 Å². The maximum Gasteiger partial charge on any atom is 0.336 e. The monoisotopic (exact) mass is 317 g/mol. The van der Waals surface area contributed by atoms with Gasteiger partial charge in [0.05, 0.1) is 11.1 Å². The number of carbonyl (C=O) groups is 1. The fourth-order valence-electron chi connectivity index (χ4n) is 3.09. The van der Waals surface area contributed by atoms with Gasteiger partial charge in [-0.2, -0.15) is 0 Å². The van der Waals surface area contributed by atoms with Crippen molar-refractivity contribution in [2.24, 2.45) is 0 Å². The van der Waals surface area contributed by atoms with Gasteiger partial charge in [0.15, 0.2) is 5.76 Å². The van der Waals surface area contributed by atoms with Crippen molar-refractivity contribution in [1.82, 2.24) is 4.98 Å². The minimum Gasteiger partial charge on any atom is -0.478 e. The van der Waals surface area contributed by atoms with Gasteiger partial charge in [0.1, 0.15) is 11.3 Å². The highest BCUT2D eigenvalue weighted by atomic mass is 16.4. The first-order valence-corrected chi connectivity index (χ1v) is 7.67. The van der Waals surface area contributed by atoms with Crippen molar-refractivity contribution in [1.29, 1.82) is 0 Å². The van der Waals surface area contributed by atoms with E-state index < -0.39 is 5.97 Å². The molecular weight excluding hydrogens is 302 g/mol. The molecule has 4 heteroatoms. The lowest BCUT2D eigenvalue weighted by molar-refractivity contribution is 0.0699. The van der Waals surface area contributed by atoms with E-state index in [1.165, 1.54) is 0 Å². The van der Waals surface area contributed by atoms with Gasteiger partial charge in [-0.15, -0.1) is 0 Å². The predicted octanol–water partition coefficient (Wildman–Crippen LogP) is 4.96. The fourth-order valence-corrected chi connectivity index (χ4v) is 3.09. The summed E-state index contributed by atoms with van der Waals surface area (Å²) in [6.45, 7) is 3.89. The average molecular weight is 317 g/mol. The number of carboxylic acid groups (broad SMARTS) is 1. The molecule has 4 rings (SSSR count). The van der Waals surface area contributed by atoms with E-state index in [9.17, 15) is 9.90 Å². The van der Waals surface area contributed by atoms with Crippen LogP contribution in [0.5, 0.6) is 0 Å². The number of pyridine rings is 1. The number of nitrogens with zero attached hydrogens (tertiary/aromatic N) is 1. The Hall–Kier alpha value is -3.14. The van der Waals surface area contributed by atoms with Crippen molar-refractivity contribution in [3.8, 4) is 11.5 Å². The number of aryl methyl sites for hydroxylation is 2. The van der Waals surface area contributed by atoms with Crippen LogP contribution in [0.15, 0.2) is 52.9 Å². The molecule has 24 heavy (non-hydrogen) atoms. The molecule has 4 aromatic rings. The molecule has 0 amide bonds. The number of hydrogen-bond donors (Lipinski definition) is 1. The zero-order chi connectivity index (χ0) is 16.8. The molecule has 0 atom stereocenters. The number of para-hydroxylation sites is 1. The maximum atomic E-state index is 11.7. The van der Waals surface area contributed by atoms with E-state index in [0.29, 0.717) is 22.4 Å². The largest absolute Gasteiger partial charge is 0.478 e. The van der Waals surface area contributed by atoms with Crippen molar-refractivity contribution in [2.45, 2.75) is 13.8 Å². The summed E-state index contributed by atoms with van der Waals surface area (Å²) in [5.41, 5.74) is 4.18. The Bertz CT molecular complexity index is 1080. The summed E-state index contributed by atoms with van der Waals surface area (Å²) in [6, 6.07) is 15.0. The van der Waals surface area contributed by atoms with Crippen molar-refractivity contribution in [3.05, 3.63) is 65.2 Å². The number of carboxylic acids is 1. The van der Waals surface area contributed by atoms with E-state index in [2.05, 4.69) is 4.98 Å². The second-order valence-corrected chi connectivity index (χ2v) is 5.99. The Morgan fingerprint density at radius 3 is 2.62 bits per heavy atom. The van der Waals surface area contributed by atoms with Crippen LogP contribution in [0.4, 0.5) is 0 Å². The van der Waals surface area contributed by atoms with Crippen LogP contribution in [0.1, 0.15) is 21.5 Å². The van der Waals surface area contributed by atoms with Gasteiger partial charge in [-0.25, -0.2) is 9.78 Å². The van der Waals surface area contributed by atoms with Crippen molar-refractivity contribution in [3.63, 3.8) is 0 Å². The van der Waals surface area contributed by atoms with Crippen LogP contribution in [0.2, 0.25) is 0 Å². The first-order chi connectivity index (χ1) is 11.5. The SMILES string of the molecule is Cc1cc(C)c2nc(-c3cc4ccccc4o3)cc(C(=O)O)c2c1. The highest BCUT2D eigenvalue weighted by Crippen LogP contribution is 2.31. The molecule has 2 heterocycles. The summed E-state index contributed by atoms with van der Waals surface area (Å²) in [7, 11) is 0. The Kier molecular flexibility index (Phi) is 3.13. The number of furan rings is 1. The molecule has 0 saturated heterocycles. The number of benzene rings is 2. The summed E-state index contributed by atoms with van der Waals surface area (Å²) in [6.07, 6.45) is 0. The molecule has 0 bridgehead atoms. The van der Waals surface area contributed by atoms with E-state index in [-0.39, 0.29) is 5.56 Å². The van der Waals surface area contributed by atoms with Crippen LogP contribution < -0.4 is 0 Å². The standard InChI is InChI=1S/C20H15NO3/c1-11-7-12(2)19-14(8-11)15(20(22)23)10-16(21-19)18-9-13-5-3-4-6-17(13)24-18/h3-10H,1-2H3,(H,22,23). The smallest absolute Gasteiger partial charge is 0.336 e. The topological polar surface area (TPSA) is 63.3 Å². The number of rotatable bonds is 2. The molecule has 0 fully saturated rings. The molecule has 2 aromatic carbocycles. The van der Waals surface area contributed by atoms with Gasteiger partial charge in [-0.3, -0.25) is 0 Å². The molecule has 1 N–H and O–H groups in total. The van der Waals surface area contributed by atoms with E-state index in [1.807, 2.05) is 56.3 Å². The second kappa shape index (κ2) is 5.20. The van der Waals surface area contributed by atoms with Gasteiger partial charge in [0.25, 0.3) is 0 Å². The third-order valence-electron chi connectivity index (χ3n) is 4.16. The maximum absolute atomic E-state index is 11.7. The van der Waals surface area contributed by atoms with Crippen LogP contribution in [-0.4, -0.2) is 16.1 Å². The molecule has 4 nitrogen and oxygen atoms in total. The summed E-state index contributed by atoms with van der Waals surface area (Å²) in [4.78, 5) is 16.4. The minimum absolute atomic E-state index is 0.238. The second-order valence-electron chi connectivity index (χ2n) is 5.99. The molecule has 0 aliphatic carbocycles. The summed E-state index contributed by atoms with van der Waals surface area (Å²) in [5, 5.41) is 11.2. The summed E-state index contributed by atoms with van der Waals surface area (Å²) < 4.78 is 5.85. The van der Waals surface area contributed by atoms with Crippen molar-refractivity contribution in [2.75, 3.05) is 0 Å². The molecule has 118 valence electrons. The van der Waals surface area contributed by atoms with Gasteiger partial charge in [-0.05, 0) is 43.7 Å². The Morgan fingerprint density at radius 2 is 1.88 bits per heavy atom. The first-order valence-electron chi connectivity index (χ1n) is 7.67. The lowest BCUT2D eigenvalue weighted by atomic mass is 10.0. The van der Waals surface area contributed by atoms with Gasteiger partial charge in [0.2, 0.25) is 0 Å². The number of aromatic nitrogens is 1. The number of aromatic carboxylic acids is 1. The lowest BCUT2D eigenvalue weighted by Crippen LogP contribution is -2.01.